The Morgan fingerprint density at radius 1 is 0.460 bits per heavy atom. The predicted octanol–water partition coefficient (Wildman–Crippen LogP) is 7.11. The standard InChI is InChI=1S/C23H29NO7S.C22H28N2O7S.C19H22O7S.C4H9NO.ClH.I2/c1-17-4-5-20(14-18(17)2)31-19-6-8-21(9-7-19)32(27,28)16-23(26,22(25)29-3)15-24-10-12-30-13-11-24;1-16-3-4-19(13-17(16)2)31-18-5-7-20(8-6-18)32(28,29)15-22(26,21(25)23-27)14-24-9-11-30-12-10-24;1-13-4-5-16(10-14(13)2)26-15-6-8-17(9-7-15)27(23,24)12-19(22,11-20)18(21)25-3;1-3-6-4-2-5-1;;1-2/h4-9,14,26H,10-13,15-16H2,1-3H3;3-8,13,26-27H,9-12,14-15H2,1-2H3,(H,23,25);4-10,20,22H,11-12H2,1-3H3;5H,1-4H2;1H;. The van der Waals surface area contributed by atoms with E-state index in [1.807, 2.05) is 96.1 Å². The second kappa shape index (κ2) is 41.0. The molecule has 0 spiro atoms. The lowest BCUT2D eigenvalue weighted by Gasteiger charge is -2.34. The van der Waals surface area contributed by atoms with Crippen LogP contribution in [-0.2, 0) is 67.6 Å². The van der Waals surface area contributed by atoms with E-state index in [4.69, 9.17) is 38.4 Å². The summed E-state index contributed by atoms with van der Waals surface area (Å²) in [4.78, 5) is 39.3. The van der Waals surface area contributed by atoms with Crippen LogP contribution in [0.1, 0.15) is 33.4 Å². The highest BCUT2D eigenvalue weighted by Crippen LogP contribution is 2.31. The number of hydroxylamine groups is 1. The Morgan fingerprint density at radius 3 is 1.01 bits per heavy atom. The second-order valence-electron chi connectivity index (χ2n) is 23.6. The number of halogens is 3. The zero-order valence-electron chi connectivity index (χ0n) is 56.8. The molecule has 3 saturated heterocycles. The summed E-state index contributed by atoms with van der Waals surface area (Å²) in [6.45, 7) is 17.8. The van der Waals surface area contributed by atoms with Gasteiger partial charge in [0.05, 0.1) is 92.4 Å². The fourth-order valence-corrected chi connectivity index (χ4v) is 14.5. The summed E-state index contributed by atoms with van der Waals surface area (Å²) < 4.78 is 119. The fourth-order valence-electron chi connectivity index (χ4n) is 9.86. The lowest BCUT2D eigenvalue weighted by Crippen LogP contribution is -2.58. The molecule has 6 aromatic carbocycles. The van der Waals surface area contributed by atoms with Gasteiger partial charge in [0.25, 0.3) is 5.91 Å². The number of amides is 1. The number of rotatable bonds is 23. The number of sulfone groups is 3. The Morgan fingerprint density at radius 2 is 0.740 bits per heavy atom. The molecule has 1 amide bonds. The van der Waals surface area contributed by atoms with E-state index in [1.54, 1.807) is 21.9 Å². The second-order valence-corrected chi connectivity index (χ2v) is 29.5. The molecule has 0 radical (unpaired) electrons. The molecule has 552 valence electrons. The summed E-state index contributed by atoms with van der Waals surface area (Å²) in [6, 6.07) is 34.1. The van der Waals surface area contributed by atoms with E-state index in [2.05, 4.69) is 47.3 Å². The summed E-state index contributed by atoms with van der Waals surface area (Å²) in [7, 11) is -9.99. The summed E-state index contributed by atoms with van der Waals surface area (Å²) in [6.07, 6.45) is 0. The Labute approximate surface area is 614 Å². The fraction of sp³-hybridized carbons (Fsp3) is 0.426. The van der Waals surface area contributed by atoms with Gasteiger partial charge >= 0.3 is 11.9 Å². The van der Waals surface area contributed by atoms with Gasteiger partial charge in [0.1, 0.15) is 34.5 Å². The minimum Gasteiger partial charge on any atom is -0.467 e. The van der Waals surface area contributed by atoms with Crippen molar-refractivity contribution in [2.75, 3.05) is 130 Å². The van der Waals surface area contributed by atoms with Gasteiger partial charge < -0.3 is 63.6 Å². The van der Waals surface area contributed by atoms with E-state index in [0.29, 0.717) is 87.1 Å². The molecular weight excluding hydrogens is 1610 g/mol. The average Bonchev–Trinajstić information content (AvgIpc) is 0.809. The lowest BCUT2D eigenvalue weighted by atomic mass is 10.1. The molecule has 9 rings (SSSR count). The number of aliphatic hydroxyl groups is 4. The van der Waals surface area contributed by atoms with Crippen molar-refractivity contribution in [2.45, 2.75) is 73.0 Å². The number of carbonyl (C=O) groups excluding carboxylic acids is 3. The van der Waals surface area contributed by atoms with Crippen LogP contribution >= 0.6 is 49.6 Å². The molecule has 32 heteroatoms. The maximum atomic E-state index is 13.0. The van der Waals surface area contributed by atoms with Crippen molar-refractivity contribution in [3.05, 3.63) is 161 Å². The van der Waals surface area contributed by atoms with E-state index >= 15 is 0 Å². The van der Waals surface area contributed by atoms with Crippen molar-refractivity contribution in [1.82, 2.24) is 20.6 Å². The molecule has 0 aliphatic carbocycles. The maximum Gasteiger partial charge on any atom is 0.341 e. The molecular formula is C68H89ClI2N4O22S3. The highest BCUT2D eigenvalue weighted by atomic mass is 128. The van der Waals surface area contributed by atoms with E-state index < -0.39 is 88.0 Å². The van der Waals surface area contributed by atoms with E-state index in [1.165, 1.54) is 66.1 Å². The third kappa shape index (κ3) is 26.5. The van der Waals surface area contributed by atoms with Crippen LogP contribution in [0.2, 0.25) is 0 Å². The number of hydrogen-bond acceptors (Lipinski definition) is 25. The summed E-state index contributed by atoms with van der Waals surface area (Å²) in [5.74, 6) is -2.81. The molecule has 3 atom stereocenters. The number of aliphatic hydroxyl groups excluding tert-OH is 1. The zero-order valence-corrected chi connectivity index (χ0v) is 64.4. The predicted molar refractivity (Wildman–Crippen MR) is 393 cm³/mol. The molecule has 0 bridgehead atoms. The number of nitrogens with one attached hydrogen (secondary N) is 2. The number of ether oxygens (including phenoxy) is 8. The first-order valence-corrected chi connectivity index (χ1v) is 42.3. The minimum absolute atomic E-state index is 0. The van der Waals surface area contributed by atoms with Gasteiger partial charge in [-0.15, -0.1) is 12.4 Å². The topological polar surface area (TPSA) is 359 Å². The molecule has 3 fully saturated rings. The number of hydrogen-bond donors (Lipinski definition) is 7. The molecule has 26 nitrogen and oxygen atoms in total. The van der Waals surface area contributed by atoms with Crippen molar-refractivity contribution < 1.29 is 103 Å². The largest absolute Gasteiger partial charge is 0.467 e. The van der Waals surface area contributed by atoms with Gasteiger partial charge in [-0.25, -0.2) is 40.3 Å². The SMILES string of the molecule is C1COCCN1.COC(=O)C(O)(CN1CCOCC1)CS(=O)(=O)c1ccc(Oc2ccc(C)c(C)c2)cc1.COC(=O)C(O)(CO)CS(=O)(=O)c1ccc(Oc2ccc(C)c(C)c2)cc1.Cc1ccc(Oc2ccc(S(=O)(=O)CC(O)(CN3CCOCC3)C(=O)NO)cc2)cc1C.Cl.II. The van der Waals surface area contributed by atoms with Gasteiger partial charge in [0.2, 0.25) is 0 Å². The Hall–Kier alpha value is -5.71. The van der Waals surface area contributed by atoms with Crippen LogP contribution in [0, 0.1) is 41.5 Å². The maximum absolute atomic E-state index is 13.0. The zero-order chi connectivity index (χ0) is 73.2. The Bertz CT molecular complexity index is 3760. The number of methoxy groups -OCH3 is 2. The molecule has 3 aliphatic rings. The normalized spacial score (nSPS) is 16.0. The van der Waals surface area contributed by atoms with Gasteiger partial charge in [0.15, 0.2) is 46.3 Å². The molecule has 3 heterocycles. The number of carbonyl (C=O) groups is 3. The number of nitrogens with zero attached hydrogens (tertiary/aromatic N) is 2. The van der Waals surface area contributed by atoms with E-state index in [9.17, 15) is 60.1 Å². The van der Waals surface area contributed by atoms with Crippen LogP contribution in [0.25, 0.3) is 0 Å². The molecule has 6 aromatic rings. The van der Waals surface area contributed by atoms with Gasteiger partial charge in [0, 0.05) is 89.6 Å². The van der Waals surface area contributed by atoms with Crippen LogP contribution in [0.3, 0.4) is 0 Å². The number of aryl methyl sites for hydroxylation is 6. The van der Waals surface area contributed by atoms with Crippen molar-refractivity contribution in [3.63, 3.8) is 0 Å². The summed E-state index contributed by atoms with van der Waals surface area (Å²) >= 11 is 4.24. The first kappa shape index (κ1) is 86.7. The van der Waals surface area contributed by atoms with Gasteiger partial charge in [-0.05, 0) is 184 Å². The highest BCUT2D eigenvalue weighted by Gasteiger charge is 2.46. The number of benzene rings is 6. The minimum atomic E-state index is -4.06. The monoisotopic (exact) mass is 1700 g/mol. The number of morpholine rings is 3. The number of β-amino-alcohol motifs (C(OH)–C–C–N with tert-alkyl or cyclic N) is 2. The first-order chi connectivity index (χ1) is 46.9. The van der Waals surface area contributed by atoms with Crippen LogP contribution in [0.5, 0.6) is 34.5 Å². The Kier molecular flexibility index (Phi) is 35.5. The molecule has 7 N–H and O–H groups in total. The lowest BCUT2D eigenvalue weighted by molar-refractivity contribution is -0.163. The van der Waals surface area contributed by atoms with E-state index in [0.717, 1.165) is 73.9 Å². The molecule has 0 saturated carbocycles. The third-order valence-electron chi connectivity index (χ3n) is 15.9. The third-order valence-corrected chi connectivity index (χ3v) is 21.5. The van der Waals surface area contributed by atoms with Crippen molar-refractivity contribution >= 4 is 97.0 Å². The van der Waals surface area contributed by atoms with Crippen molar-refractivity contribution in [3.8, 4) is 34.5 Å². The molecule has 100 heavy (non-hydrogen) atoms. The highest BCUT2D eigenvalue weighted by molar-refractivity contribution is 15.0. The molecule has 3 aliphatic heterocycles. The van der Waals surface area contributed by atoms with Gasteiger partial charge in [-0.2, -0.15) is 0 Å². The smallest absolute Gasteiger partial charge is 0.341 e. The van der Waals surface area contributed by atoms with E-state index in [-0.39, 0.29) is 40.2 Å². The summed E-state index contributed by atoms with van der Waals surface area (Å²) in [5, 5.41) is 53.3. The molecule has 0 aromatic heterocycles. The molecule has 3 unspecified atom stereocenters. The Balaban J connectivity index is 0.000000300. The van der Waals surface area contributed by atoms with Crippen molar-refractivity contribution in [2.24, 2.45) is 0 Å². The van der Waals surface area contributed by atoms with Crippen LogP contribution in [-0.4, -0.2) is 225 Å². The quantitative estimate of drug-likeness (QED) is 0.0145. The van der Waals surface area contributed by atoms with Crippen LogP contribution in [0.15, 0.2) is 142 Å². The summed E-state index contributed by atoms with van der Waals surface area (Å²) in [5.41, 5.74) is 0.968. The van der Waals surface area contributed by atoms with Gasteiger partial charge in [-0.3, -0.25) is 19.8 Å². The van der Waals surface area contributed by atoms with Crippen LogP contribution < -0.4 is 25.0 Å². The number of esters is 2. The van der Waals surface area contributed by atoms with Crippen LogP contribution in [0.4, 0.5) is 0 Å². The average molecular weight is 1700 g/mol. The van der Waals surface area contributed by atoms with Crippen molar-refractivity contribution in [1.29, 1.82) is 0 Å². The first-order valence-electron chi connectivity index (χ1n) is 31.0. The van der Waals surface area contributed by atoms with Gasteiger partial charge in [-0.1, -0.05) is 18.2 Å².